The SMILES string of the molecule is O=C(NC(c1ccncc1)c1c(O)ccc(Cl)c1Cl)c1cn[nH]c1. The van der Waals surface area contributed by atoms with Crippen molar-refractivity contribution in [2.24, 2.45) is 0 Å². The fourth-order valence-electron chi connectivity index (χ4n) is 2.30. The summed E-state index contributed by atoms with van der Waals surface area (Å²) in [6, 6.07) is 5.65. The highest BCUT2D eigenvalue weighted by atomic mass is 35.5. The number of pyridine rings is 1. The Morgan fingerprint density at radius 1 is 1.21 bits per heavy atom. The van der Waals surface area contributed by atoms with E-state index in [0.29, 0.717) is 16.7 Å². The maximum atomic E-state index is 12.4. The number of aromatic nitrogens is 3. The molecular formula is C16H12Cl2N4O2. The van der Waals surface area contributed by atoms with Gasteiger partial charge in [0, 0.05) is 24.2 Å². The second-order valence-corrected chi connectivity index (χ2v) is 5.75. The summed E-state index contributed by atoms with van der Waals surface area (Å²) in [5.41, 5.74) is 1.36. The topological polar surface area (TPSA) is 90.9 Å². The first kappa shape index (κ1) is 16.3. The second kappa shape index (κ2) is 6.90. The summed E-state index contributed by atoms with van der Waals surface area (Å²) in [6.07, 6.45) is 6.04. The predicted octanol–water partition coefficient (Wildman–Crippen LogP) is 3.34. The molecule has 0 aliphatic heterocycles. The highest BCUT2D eigenvalue weighted by Gasteiger charge is 2.25. The molecule has 1 amide bonds. The first-order valence-electron chi connectivity index (χ1n) is 6.94. The summed E-state index contributed by atoms with van der Waals surface area (Å²) in [4.78, 5) is 16.4. The van der Waals surface area contributed by atoms with E-state index in [1.54, 1.807) is 24.5 Å². The average Bonchev–Trinajstić information content (AvgIpc) is 3.13. The van der Waals surface area contributed by atoms with Crippen molar-refractivity contribution in [3.63, 3.8) is 0 Å². The van der Waals surface area contributed by atoms with E-state index in [9.17, 15) is 9.90 Å². The van der Waals surface area contributed by atoms with Crippen molar-refractivity contribution >= 4 is 29.1 Å². The molecule has 0 saturated carbocycles. The van der Waals surface area contributed by atoms with E-state index in [1.165, 1.54) is 24.5 Å². The highest BCUT2D eigenvalue weighted by Crippen LogP contribution is 2.39. The molecule has 1 unspecified atom stereocenters. The van der Waals surface area contributed by atoms with Crippen LogP contribution >= 0.6 is 23.2 Å². The fraction of sp³-hybridized carbons (Fsp3) is 0.0625. The summed E-state index contributed by atoms with van der Waals surface area (Å²) >= 11 is 12.3. The van der Waals surface area contributed by atoms with Crippen molar-refractivity contribution in [1.82, 2.24) is 20.5 Å². The van der Waals surface area contributed by atoms with Gasteiger partial charge in [-0.2, -0.15) is 5.10 Å². The Balaban J connectivity index is 2.07. The van der Waals surface area contributed by atoms with Crippen LogP contribution in [0.4, 0.5) is 0 Å². The molecule has 3 N–H and O–H groups in total. The Bertz CT molecular complexity index is 854. The van der Waals surface area contributed by atoms with Gasteiger partial charge >= 0.3 is 0 Å². The molecule has 122 valence electrons. The van der Waals surface area contributed by atoms with Gasteiger partial charge in [-0.25, -0.2) is 0 Å². The largest absolute Gasteiger partial charge is 0.508 e. The lowest BCUT2D eigenvalue weighted by Crippen LogP contribution is -2.29. The molecule has 3 rings (SSSR count). The van der Waals surface area contributed by atoms with Crippen LogP contribution in [0.3, 0.4) is 0 Å². The Kier molecular flexibility index (Phi) is 4.69. The Labute approximate surface area is 147 Å². The van der Waals surface area contributed by atoms with Crippen LogP contribution in [0.5, 0.6) is 5.75 Å². The number of phenols is 1. The molecule has 0 fully saturated rings. The van der Waals surface area contributed by atoms with Gasteiger partial charge in [-0.15, -0.1) is 0 Å². The van der Waals surface area contributed by atoms with Crippen LogP contribution in [0.15, 0.2) is 49.1 Å². The standard InChI is InChI=1S/C16H12Cl2N4O2/c17-11-1-2-12(23)13(14(11)18)15(9-3-5-19-6-4-9)22-16(24)10-7-20-21-8-10/h1-8,15,23H,(H,20,21)(H,22,24). The van der Waals surface area contributed by atoms with Crippen LogP contribution in [0.1, 0.15) is 27.5 Å². The van der Waals surface area contributed by atoms with E-state index in [2.05, 4.69) is 20.5 Å². The highest BCUT2D eigenvalue weighted by molar-refractivity contribution is 6.42. The predicted molar refractivity (Wildman–Crippen MR) is 90.3 cm³/mol. The normalized spacial score (nSPS) is 11.9. The Morgan fingerprint density at radius 2 is 1.96 bits per heavy atom. The number of phenolic OH excluding ortho intramolecular Hbond substituents is 1. The van der Waals surface area contributed by atoms with Gasteiger partial charge < -0.3 is 10.4 Å². The zero-order chi connectivity index (χ0) is 17.1. The number of carbonyl (C=O) groups is 1. The van der Waals surface area contributed by atoms with Crippen molar-refractivity contribution in [3.05, 3.63) is 75.8 Å². The third kappa shape index (κ3) is 3.20. The molecule has 24 heavy (non-hydrogen) atoms. The first-order valence-corrected chi connectivity index (χ1v) is 7.70. The summed E-state index contributed by atoms with van der Waals surface area (Å²) < 4.78 is 0. The summed E-state index contributed by atoms with van der Waals surface area (Å²) in [5, 5.41) is 19.9. The number of benzene rings is 1. The monoisotopic (exact) mass is 362 g/mol. The second-order valence-electron chi connectivity index (χ2n) is 4.97. The quantitative estimate of drug-likeness (QED) is 0.663. The van der Waals surface area contributed by atoms with Crippen molar-refractivity contribution in [3.8, 4) is 5.75 Å². The van der Waals surface area contributed by atoms with Gasteiger partial charge in [0.2, 0.25) is 0 Å². The van der Waals surface area contributed by atoms with E-state index in [1.807, 2.05) is 0 Å². The molecule has 1 aromatic carbocycles. The minimum absolute atomic E-state index is 0.0706. The van der Waals surface area contributed by atoms with Gasteiger partial charge in [0.1, 0.15) is 5.75 Å². The van der Waals surface area contributed by atoms with Crippen LogP contribution in [-0.4, -0.2) is 26.2 Å². The average molecular weight is 363 g/mol. The number of H-pyrrole nitrogens is 1. The smallest absolute Gasteiger partial charge is 0.255 e. The molecule has 0 bridgehead atoms. The zero-order valence-electron chi connectivity index (χ0n) is 12.2. The minimum atomic E-state index is -0.707. The number of nitrogens with zero attached hydrogens (tertiary/aromatic N) is 2. The summed E-state index contributed by atoms with van der Waals surface area (Å²) in [6.45, 7) is 0. The molecular weight excluding hydrogens is 351 g/mol. The fourth-order valence-corrected chi connectivity index (χ4v) is 2.73. The van der Waals surface area contributed by atoms with Gasteiger partial charge in [-0.3, -0.25) is 14.9 Å². The van der Waals surface area contributed by atoms with Crippen LogP contribution in [0, 0.1) is 0 Å². The molecule has 1 atom stereocenters. The molecule has 0 saturated heterocycles. The molecule has 3 aromatic rings. The van der Waals surface area contributed by atoms with Crippen LogP contribution < -0.4 is 5.32 Å². The number of aromatic amines is 1. The van der Waals surface area contributed by atoms with Gasteiger partial charge in [0.25, 0.3) is 5.91 Å². The summed E-state index contributed by atoms with van der Waals surface area (Å²) in [5.74, 6) is -0.445. The van der Waals surface area contributed by atoms with E-state index < -0.39 is 6.04 Å². The van der Waals surface area contributed by atoms with E-state index in [4.69, 9.17) is 23.2 Å². The zero-order valence-corrected chi connectivity index (χ0v) is 13.7. The van der Waals surface area contributed by atoms with Crippen LogP contribution in [0.25, 0.3) is 0 Å². The van der Waals surface area contributed by atoms with Crippen molar-refractivity contribution in [2.75, 3.05) is 0 Å². The molecule has 6 nitrogen and oxygen atoms in total. The number of aromatic hydroxyl groups is 1. The number of carbonyl (C=O) groups excluding carboxylic acids is 1. The van der Waals surface area contributed by atoms with Crippen LogP contribution in [0.2, 0.25) is 10.0 Å². The number of halogens is 2. The number of rotatable bonds is 4. The molecule has 2 heterocycles. The minimum Gasteiger partial charge on any atom is -0.508 e. The van der Waals surface area contributed by atoms with E-state index in [-0.39, 0.29) is 21.7 Å². The number of hydrogen-bond acceptors (Lipinski definition) is 4. The van der Waals surface area contributed by atoms with Gasteiger partial charge in [-0.1, -0.05) is 23.2 Å². The molecule has 2 aromatic heterocycles. The van der Waals surface area contributed by atoms with E-state index >= 15 is 0 Å². The number of amides is 1. The molecule has 0 radical (unpaired) electrons. The molecule has 0 aliphatic rings. The molecule has 0 aliphatic carbocycles. The van der Waals surface area contributed by atoms with Crippen molar-refractivity contribution in [2.45, 2.75) is 6.04 Å². The number of nitrogens with one attached hydrogen (secondary N) is 2. The molecule has 8 heteroatoms. The Hall–Kier alpha value is -2.57. The molecule has 0 spiro atoms. The Morgan fingerprint density at radius 3 is 2.62 bits per heavy atom. The van der Waals surface area contributed by atoms with Gasteiger partial charge in [0.05, 0.1) is 27.8 Å². The van der Waals surface area contributed by atoms with Gasteiger partial charge in [0.15, 0.2) is 0 Å². The maximum absolute atomic E-state index is 12.4. The van der Waals surface area contributed by atoms with Gasteiger partial charge in [-0.05, 0) is 29.8 Å². The lowest BCUT2D eigenvalue weighted by atomic mass is 9.98. The third-order valence-electron chi connectivity index (χ3n) is 3.47. The van der Waals surface area contributed by atoms with Crippen molar-refractivity contribution < 1.29 is 9.90 Å². The maximum Gasteiger partial charge on any atom is 0.255 e. The third-order valence-corrected chi connectivity index (χ3v) is 4.29. The lowest BCUT2D eigenvalue weighted by Gasteiger charge is -2.22. The van der Waals surface area contributed by atoms with Crippen molar-refractivity contribution in [1.29, 1.82) is 0 Å². The first-order chi connectivity index (χ1) is 11.6. The van der Waals surface area contributed by atoms with E-state index in [0.717, 1.165) is 0 Å². The summed E-state index contributed by atoms with van der Waals surface area (Å²) in [7, 11) is 0. The lowest BCUT2D eigenvalue weighted by molar-refractivity contribution is 0.0943. The van der Waals surface area contributed by atoms with Crippen LogP contribution in [-0.2, 0) is 0 Å². The number of hydrogen-bond donors (Lipinski definition) is 3.